The van der Waals surface area contributed by atoms with Gasteiger partial charge in [0.15, 0.2) is 0 Å². The zero-order valence-electron chi connectivity index (χ0n) is 8.52. The quantitative estimate of drug-likeness (QED) is 0.587. The third kappa shape index (κ3) is 2.63. The van der Waals surface area contributed by atoms with E-state index in [9.17, 15) is 0 Å². The first-order valence-corrected chi connectivity index (χ1v) is 4.98. The van der Waals surface area contributed by atoms with Gasteiger partial charge in [-0.15, -0.1) is 0 Å². The van der Waals surface area contributed by atoms with E-state index in [-0.39, 0.29) is 5.60 Å². The molecular weight excluding hydrogens is 148 g/mol. The van der Waals surface area contributed by atoms with Crippen LogP contribution in [0.1, 0.15) is 46.5 Å². The van der Waals surface area contributed by atoms with Crippen molar-refractivity contribution in [2.45, 2.75) is 52.1 Å². The van der Waals surface area contributed by atoms with Crippen molar-refractivity contribution in [1.29, 1.82) is 0 Å². The Kier molecular flexibility index (Phi) is 3.33. The molecule has 1 heterocycles. The summed E-state index contributed by atoms with van der Waals surface area (Å²) >= 11 is 0. The van der Waals surface area contributed by atoms with Gasteiger partial charge in [-0.25, -0.2) is 0 Å². The lowest BCUT2D eigenvalue weighted by molar-refractivity contribution is -0.00992. The monoisotopic (exact) mass is 168 g/mol. The van der Waals surface area contributed by atoms with E-state index in [1.807, 2.05) is 0 Å². The summed E-state index contributed by atoms with van der Waals surface area (Å²) in [6.07, 6.45) is 7.10. The molecule has 1 nitrogen and oxygen atoms in total. The molecule has 0 aromatic carbocycles. The summed E-state index contributed by atoms with van der Waals surface area (Å²) in [6, 6.07) is 0. The van der Waals surface area contributed by atoms with Crippen LogP contribution in [0.3, 0.4) is 0 Å². The van der Waals surface area contributed by atoms with Crippen molar-refractivity contribution in [2.24, 2.45) is 0 Å². The fourth-order valence-corrected chi connectivity index (χ4v) is 1.75. The normalized spacial score (nSPS) is 30.1. The topological polar surface area (TPSA) is 9.23 Å². The van der Waals surface area contributed by atoms with Crippen LogP contribution in [-0.2, 0) is 4.74 Å². The molecule has 0 saturated heterocycles. The standard InChI is InChI=1S/C11H20O/c1-4-5-7-11(3)9-10(2)6-8-12-11/h9H,4-8H2,1-3H3. The van der Waals surface area contributed by atoms with Crippen molar-refractivity contribution in [2.75, 3.05) is 6.61 Å². The minimum atomic E-state index is 0.0400. The van der Waals surface area contributed by atoms with Gasteiger partial charge in [-0.2, -0.15) is 0 Å². The Balaban J connectivity index is 2.51. The zero-order valence-corrected chi connectivity index (χ0v) is 8.52. The molecule has 0 bridgehead atoms. The van der Waals surface area contributed by atoms with Crippen molar-refractivity contribution in [1.82, 2.24) is 0 Å². The van der Waals surface area contributed by atoms with Crippen molar-refractivity contribution >= 4 is 0 Å². The molecule has 1 unspecified atom stereocenters. The van der Waals surface area contributed by atoms with Crippen molar-refractivity contribution in [3.05, 3.63) is 11.6 Å². The zero-order chi connectivity index (χ0) is 9.03. The highest BCUT2D eigenvalue weighted by molar-refractivity contribution is 5.11. The first kappa shape index (κ1) is 9.79. The summed E-state index contributed by atoms with van der Waals surface area (Å²) in [5.74, 6) is 0. The van der Waals surface area contributed by atoms with Gasteiger partial charge in [-0.3, -0.25) is 0 Å². The predicted octanol–water partition coefficient (Wildman–Crippen LogP) is 3.30. The summed E-state index contributed by atoms with van der Waals surface area (Å²) in [4.78, 5) is 0. The Morgan fingerprint density at radius 1 is 1.58 bits per heavy atom. The first-order chi connectivity index (χ1) is 5.66. The molecule has 1 aliphatic heterocycles. The van der Waals surface area contributed by atoms with Crippen molar-refractivity contribution in [3.63, 3.8) is 0 Å². The van der Waals surface area contributed by atoms with Crippen molar-refractivity contribution < 1.29 is 4.74 Å². The molecule has 0 aromatic rings. The second-order valence-corrected chi connectivity index (χ2v) is 4.01. The second kappa shape index (κ2) is 4.08. The van der Waals surface area contributed by atoms with Crippen LogP contribution in [0.4, 0.5) is 0 Å². The maximum absolute atomic E-state index is 5.76. The molecule has 0 radical (unpaired) electrons. The summed E-state index contributed by atoms with van der Waals surface area (Å²) in [6.45, 7) is 7.53. The van der Waals surface area contributed by atoms with Crippen LogP contribution in [0.5, 0.6) is 0 Å². The molecule has 70 valence electrons. The molecule has 1 atom stereocenters. The van der Waals surface area contributed by atoms with Gasteiger partial charge in [0.25, 0.3) is 0 Å². The predicted molar refractivity (Wildman–Crippen MR) is 52.3 cm³/mol. The van der Waals surface area contributed by atoms with E-state index in [4.69, 9.17) is 4.74 Å². The van der Waals surface area contributed by atoms with E-state index in [1.165, 1.54) is 24.8 Å². The average molecular weight is 168 g/mol. The Bertz CT molecular complexity index is 172. The van der Waals surface area contributed by atoms with Crippen LogP contribution >= 0.6 is 0 Å². The number of ether oxygens (including phenoxy) is 1. The van der Waals surface area contributed by atoms with Gasteiger partial charge < -0.3 is 4.74 Å². The van der Waals surface area contributed by atoms with Crippen LogP contribution in [-0.4, -0.2) is 12.2 Å². The summed E-state index contributed by atoms with van der Waals surface area (Å²) in [5.41, 5.74) is 1.53. The smallest absolute Gasteiger partial charge is 0.0837 e. The molecule has 0 amide bonds. The van der Waals surface area contributed by atoms with E-state index < -0.39 is 0 Å². The van der Waals surface area contributed by atoms with Gasteiger partial charge in [0.1, 0.15) is 0 Å². The first-order valence-electron chi connectivity index (χ1n) is 4.98. The largest absolute Gasteiger partial charge is 0.371 e. The van der Waals surface area contributed by atoms with Gasteiger partial charge in [0.2, 0.25) is 0 Å². The van der Waals surface area contributed by atoms with E-state index >= 15 is 0 Å². The average Bonchev–Trinajstić information content (AvgIpc) is 2.01. The molecule has 1 heteroatoms. The van der Waals surface area contributed by atoms with Gasteiger partial charge >= 0.3 is 0 Å². The van der Waals surface area contributed by atoms with Crippen LogP contribution in [0, 0.1) is 0 Å². The molecule has 1 aliphatic rings. The minimum Gasteiger partial charge on any atom is -0.371 e. The van der Waals surface area contributed by atoms with Crippen LogP contribution in [0.15, 0.2) is 11.6 Å². The molecule has 0 saturated carbocycles. The summed E-state index contributed by atoms with van der Waals surface area (Å²) in [7, 11) is 0. The molecule has 0 aliphatic carbocycles. The number of unbranched alkanes of at least 4 members (excludes halogenated alkanes) is 1. The molecule has 0 fully saturated rings. The maximum Gasteiger partial charge on any atom is 0.0837 e. The fourth-order valence-electron chi connectivity index (χ4n) is 1.75. The Hall–Kier alpha value is -0.300. The highest BCUT2D eigenvalue weighted by Gasteiger charge is 2.24. The van der Waals surface area contributed by atoms with Crippen LogP contribution < -0.4 is 0 Å². The fraction of sp³-hybridized carbons (Fsp3) is 0.818. The van der Waals surface area contributed by atoms with E-state index in [2.05, 4.69) is 26.8 Å². The number of rotatable bonds is 3. The minimum absolute atomic E-state index is 0.0400. The summed E-state index contributed by atoms with van der Waals surface area (Å²) in [5, 5.41) is 0. The molecule has 0 aromatic heterocycles. The number of hydrogen-bond donors (Lipinski definition) is 0. The second-order valence-electron chi connectivity index (χ2n) is 4.01. The van der Waals surface area contributed by atoms with Gasteiger partial charge in [-0.1, -0.05) is 31.4 Å². The van der Waals surface area contributed by atoms with Crippen molar-refractivity contribution in [3.8, 4) is 0 Å². The van der Waals surface area contributed by atoms with Gasteiger partial charge in [0.05, 0.1) is 12.2 Å². The lowest BCUT2D eigenvalue weighted by atomic mass is 9.93. The lowest BCUT2D eigenvalue weighted by Gasteiger charge is -2.31. The van der Waals surface area contributed by atoms with E-state index in [0.717, 1.165) is 13.0 Å². The molecule has 12 heavy (non-hydrogen) atoms. The highest BCUT2D eigenvalue weighted by atomic mass is 16.5. The Labute approximate surface area is 75.8 Å². The summed E-state index contributed by atoms with van der Waals surface area (Å²) < 4.78 is 5.76. The lowest BCUT2D eigenvalue weighted by Crippen LogP contribution is -2.30. The third-order valence-electron chi connectivity index (χ3n) is 2.51. The molecular formula is C11H20O. The highest BCUT2D eigenvalue weighted by Crippen LogP contribution is 2.27. The molecule has 1 rings (SSSR count). The van der Waals surface area contributed by atoms with Crippen LogP contribution in [0.25, 0.3) is 0 Å². The van der Waals surface area contributed by atoms with E-state index in [0.29, 0.717) is 0 Å². The van der Waals surface area contributed by atoms with Gasteiger partial charge in [0, 0.05) is 0 Å². The number of hydrogen-bond acceptors (Lipinski definition) is 1. The van der Waals surface area contributed by atoms with E-state index in [1.54, 1.807) is 0 Å². The molecule has 0 N–H and O–H groups in total. The SMILES string of the molecule is CCCCC1(C)C=C(C)CCO1. The van der Waals surface area contributed by atoms with Crippen LogP contribution in [0.2, 0.25) is 0 Å². The molecule has 0 spiro atoms. The Morgan fingerprint density at radius 2 is 2.33 bits per heavy atom. The third-order valence-corrected chi connectivity index (χ3v) is 2.51. The maximum atomic E-state index is 5.76. The Morgan fingerprint density at radius 3 is 2.92 bits per heavy atom. The van der Waals surface area contributed by atoms with Gasteiger partial charge in [-0.05, 0) is 26.7 Å².